The fourth-order valence-electron chi connectivity index (χ4n) is 0.840. The molecule has 1 N–H and O–H groups in total. The van der Waals surface area contributed by atoms with Gasteiger partial charge in [0.15, 0.2) is 0 Å². The molecule has 0 saturated carbocycles. The van der Waals surface area contributed by atoms with E-state index < -0.39 is 0 Å². The van der Waals surface area contributed by atoms with Crippen LogP contribution < -0.4 is 0 Å². The van der Waals surface area contributed by atoms with E-state index in [1.165, 1.54) is 0 Å². The molecular weight excluding hydrogens is 152 g/mol. The summed E-state index contributed by atoms with van der Waals surface area (Å²) in [5.74, 6) is 0. The van der Waals surface area contributed by atoms with Crippen LogP contribution in [-0.4, -0.2) is 11.4 Å². The summed E-state index contributed by atoms with van der Waals surface area (Å²) in [6.07, 6.45) is 3.77. The van der Waals surface area contributed by atoms with Crippen LogP contribution in [0.5, 0.6) is 0 Å². The lowest BCUT2D eigenvalue weighted by Gasteiger charge is -2.08. The SMILES string of the molecule is C=CC(=C)CC(C=C(C)C)OO. The third-order valence-electron chi connectivity index (χ3n) is 1.41. The monoisotopic (exact) mass is 168 g/mol. The van der Waals surface area contributed by atoms with Gasteiger partial charge in [-0.25, -0.2) is 4.89 Å². The van der Waals surface area contributed by atoms with Crippen molar-refractivity contribution in [2.45, 2.75) is 26.4 Å². The molecule has 0 radical (unpaired) electrons. The summed E-state index contributed by atoms with van der Waals surface area (Å²) >= 11 is 0. The quantitative estimate of drug-likeness (QED) is 0.296. The molecule has 12 heavy (non-hydrogen) atoms. The molecule has 0 amide bonds. The fourth-order valence-corrected chi connectivity index (χ4v) is 0.840. The maximum absolute atomic E-state index is 8.50. The number of allylic oxidation sites excluding steroid dienone is 2. The highest BCUT2D eigenvalue weighted by atomic mass is 17.1. The first-order chi connectivity index (χ1) is 5.60. The van der Waals surface area contributed by atoms with Gasteiger partial charge in [0.1, 0.15) is 6.10 Å². The van der Waals surface area contributed by atoms with Crippen molar-refractivity contribution in [2.24, 2.45) is 0 Å². The van der Waals surface area contributed by atoms with Crippen molar-refractivity contribution in [2.75, 3.05) is 0 Å². The molecule has 0 aliphatic carbocycles. The molecule has 0 saturated heterocycles. The van der Waals surface area contributed by atoms with Crippen LogP contribution in [0.1, 0.15) is 20.3 Å². The summed E-state index contributed by atoms with van der Waals surface area (Å²) < 4.78 is 0. The van der Waals surface area contributed by atoms with Crippen molar-refractivity contribution in [1.82, 2.24) is 0 Å². The van der Waals surface area contributed by atoms with E-state index in [-0.39, 0.29) is 6.10 Å². The fraction of sp³-hybridized carbons (Fsp3) is 0.400. The molecule has 1 unspecified atom stereocenters. The minimum Gasteiger partial charge on any atom is -0.251 e. The average Bonchev–Trinajstić information content (AvgIpc) is 2.02. The van der Waals surface area contributed by atoms with Crippen molar-refractivity contribution in [3.8, 4) is 0 Å². The Morgan fingerprint density at radius 3 is 2.50 bits per heavy atom. The maximum atomic E-state index is 8.50. The van der Waals surface area contributed by atoms with Crippen LogP contribution in [-0.2, 0) is 4.89 Å². The second-order valence-electron chi connectivity index (χ2n) is 2.95. The third kappa shape index (κ3) is 4.88. The number of hydrogen-bond acceptors (Lipinski definition) is 2. The van der Waals surface area contributed by atoms with E-state index in [0.29, 0.717) is 6.42 Å². The summed E-state index contributed by atoms with van der Waals surface area (Å²) in [5.41, 5.74) is 1.96. The summed E-state index contributed by atoms with van der Waals surface area (Å²) in [6.45, 7) is 11.2. The smallest absolute Gasteiger partial charge is 0.115 e. The maximum Gasteiger partial charge on any atom is 0.115 e. The summed E-state index contributed by atoms with van der Waals surface area (Å²) in [4.78, 5) is 4.25. The minimum absolute atomic E-state index is 0.305. The van der Waals surface area contributed by atoms with Gasteiger partial charge < -0.3 is 0 Å². The van der Waals surface area contributed by atoms with Crippen molar-refractivity contribution in [3.63, 3.8) is 0 Å². The molecule has 0 rings (SSSR count). The lowest BCUT2D eigenvalue weighted by atomic mass is 10.1. The van der Waals surface area contributed by atoms with Gasteiger partial charge in [0.2, 0.25) is 0 Å². The predicted molar refractivity (Wildman–Crippen MR) is 50.9 cm³/mol. The van der Waals surface area contributed by atoms with Gasteiger partial charge >= 0.3 is 0 Å². The van der Waals surface area contributed by atoms with E-state index in [0.717, 1.165) is 11.1 Å². The highest BCUT2D eigenvalue weighted by molar-refractivity contribution is 5.14. The van der Waals surface area contributed by atoms with Gasteiger partial charge in [-0.3, -0.25) is 5.26 Å². The van der Waals surface area contributed by atoms with E-state index in [1.807, 2.05) is 19.9 Å². The molecule has 0 bridgehead atoms. The zero-order chi connectivity index (χ0) is 9.56. The molecule has 2 heteroatoms. The topological polar surface area (TPSA) is 29.5 Å². The van der Waals surface area contributed by atoms with E-state index >= 15 is 0 Å². The Bertz CT molecular complexity index is 188. The van der Waals surface area contributed by atoms with Crippen molar-refractivity contribution < 1.29 is 10.1 Å². The first kappa shape index (κ1) is 11.1. The normalized spacial score (nSPS) is 11.9. The zero-order valence-corrected chi connectivity index (χ0v) is 7.71. The highest BCUT2D eigenvalue weighted by Crippen LogP contribution is 2.09. The molecule has 0 heterocycles. The van der Waals surface area contributed by atoms with Gasteiger partial charge in [0.25, 0.3) is 0 Å². The third-order valence-corrected chi connectivity index (χ3v) is 1.41. The van der Waals surface area contributed by atoms with Crippen molar-refractivity contribution in [1.29, 1.82) is 0 Å². The zero-order valence-electron chi connectivity index (χ0n) is 7.71. The van der Waals surface area contributed by atoms with Crippen LogP contribution in [0, 0.1) is 0 Å². The largest absolute Gasteiger partial charge is 0.251 e. The van der Waals surface area contributed by atoms with Gasteiger partial charge in [-0.05, 0) is 13.8 Å². The van der Waals surface area contributed by atoms with Crippen LogP contribution >= 0.6 is 0 Å². The molecule has 0 aromatic rings. The predicted octanol–water partition coefficient (Wildman–Crippen LogP) is 2.94. The Labute approximate surface area is 73.8 Å². The summed E-state index contributed by atoms with van der Waals surface area (Å²) in [5, 5.41) is 8.50. The van der Waals surface area contributed by atoms with E-state index in [2.05, 4.69) is 18.0 Å². The lowest BCUT2D eigenvalue weighted by molar-refractivity contribution is -0.265. The van der Waals surface area contributed by atoms with Gasteiger partial charge in [0, 0.05) is 6.42 Å². The Kier molecular flexibility index (Phi) is 5.34. The number of rotatable bonds is 5. The van der Waals surface area contributed by atoms with Crippen molar-refractivity contribution in [3.05, 3.63) is 36.5 Å². The molecule has 0 aromatic heterocycles. The van der Waals surface area contributed by atoms with Crippen LogP contribution in [0.25, 0.3) is 0 Å². The standard InChI is InChI=1S/C10H16O2/c1-5-9(4)7-10(12-11)6-8(2)3/h5-6,10-11H,1,4,7H2,2-3H3. The molecule has 0 aliphatic rings. The van der Waals surface area contributed by atoms with Gasteiger partial charge in [-0.1, -0.05) is 36.5 Å². The molecule has 68 valence electrons. The van der Waals surface area contributed by atoms with Gasteiger partial charge in [-0.15, -0.1) is 0 Å². The molecule has 1 atom stereocenters. The minimum atomic E-state index is -0.305. The molecule has 2 nitrogen and oxygen atoms in total. The average molecular weight is 168 g/mol. The van der Waals surface area contributed by atoms with Crippen molar-refractivity contribution >= 4 is 0 Å². The van der Waals surface area contributed by atoms with Crippen LogP contribution in [0.3, 0.4) is 0 Å². The van der Waals surface area contributed by atoms with Crippen LogP contribution in [0.4, 0.5) is 0 Å². The van der Waals surface area contributed by atoms with E-state index in [1.54, 1.807) is 6.08 Å². The van der Waals surface area contributed by atoms with E-state index in [9.17, 15) is 0 Å². The number of hydrogen-bond donors (Lipinski definition) is 1. The first-order valence-corrected chi connectivity index (χ1v) is 3.85. The molecule has 0 spiro atoms. The Balaban J connectivity index is 4.09. The molecule has 0 aliphatic heterocycles. The second-order valence-corrected chi connectivity index (χ2v) is 2.95. The molecular formula is C10H16O2. The summed E-state index contributed by atoms with van der Waals surface area (Å²) in [6, 6.07) is 0. The van der Waals surface area contributed by atoms with Gasteiger partial charge in [-0.2, -0.15) is 0 Å². The lowest BCUT2D eigenvalue weighted by Crippen LogP contribution is -2.08. The Morgan fingerprint density at radius 1 is 1.58 bits per heavy atom. The first-order valence-electron chi connectivity index (χ1n) is 3.85. The van der Waals surface area contributed by atoms with E-state index in [4.69, 9.17) is 5.26 Å². The highest BCUT2D eigenvalue weighted by Gasteiger charge is 2.05. The Morgan fingerprint density at radius 2 is 2.17 bits per heavy atom. The second kappa shape index (κ2) is 5.75. The summed E-state index contributed by atoms with van der Waals surface area (Å²) in [7, 11) is 0. The Hall–Kier alpha value is -0.860. The molecule has 0 aromatic carbocycles. The van der Waals surface area contributed by atoms with Crippen LogP contribution in [0.15, 0.2) is 36.5 Å². The van der Waals surface area contributed by atoms with Crippen LogP contribution in [0.2, 0.25) is 0 Å². The molecule has 0 fully saturated rings. The van der Waals surface area contributed by atoms with Gasteiger partial charge in [0.05, 0.1) is 0 Å².